The van der Waals surface area contributed by atoms with Crippen molar-refractivity contribution >= 4 is 23.2 Å². The van der Waals surface area contributed by atoms with Crippen molar-refractivity contribution in [3.05, 3.63) is 33.8 Å². The van der Waals surface area contributed by atoms with Gasteiger partial charge in [0.1, 0.15) is 0 Å². The molecule has 1 saturated heterocycles. The summed E-state index contributed by atoms with van der Waals surface area (Å²) in [4.78, 5) is 0. The summed E-state index contributed by atoms with van der Waals surface area (Å²) in [6.07, 6.45) is 3.36. The maximum atomic E-state index is 6.38. The van der Waals surface area contributed by atoms with E-state index in [4.69, 9.17) is 27.9 Å². The Morgan fingerprint density at radius 3 is 2.79 bits per heavy atom. The monoisotopic (exact) mass is 301 g/mol. The average Bonchev–Trinajstić information content (AvgIpc) is 2.40. The van der Waals surface area contributed by atoms with Gasteiger partial charge in [0.05, 0.1) is 21.7 Å². The number of rotatable bonds is 4. The molecular weight excluding hydrogens is 281 g/mol. The normalized spacial score (nSPS) is 25.3. The number of likely N-dealkylation sites (N-methyl/N-ethyl adjacent to an activating group) is 1. The van der Waals surface area contributed by atoms with Crippen molar-refractivity contribution in [1.82, 2.24) is 5.32 Å². The SMILES string of the molecule is CCNC(c1cccc(Cl)c1Cl)C1(C)CCCCO1. The van der Waals surface area contributed by atoms with Gasteiger partial charge < -0.3 is 10.1 Å². The Balaban J connectivity index is 2.36. The fraction of sp³-hybridized carbons (Fsp3) is 0.600. The number of hydrogen-bond donors (Lipinski definition) is 1. The summed E-state index contributed by atoms with van der Waals surface area (Å²) in [6, 6.07) is 5.87. The van der Waals surface area contributed by atoms with Gasteiger partial charge in [-0.3, -0.25) is 0 Å². The molecule has 1 N–H and O–H groups in total. The first-order valence-electron chi connectivity index (χ1n) is 6.90. The highest BCUT2D eigenvalue weighted by Gasteiger charge is 2.38. The van der Waals surface area contributed by atoms with Crippen LogP contribution in [0.1, 0.15) is 44.7 Å². The Labute approximate surface area is 125 Å². The molecule has 106 valence electrons. The fourth-order valence-corrected chi connectivity index (χ4v) is 3.20. The molecular formula is C15H21Cl2NO. The molecule has 19 heavy (non-hydrogen) atoms. The molecule has 1 aromatic rings. The summed E-state index contributed by atoms with van der Waals surface area (Å²) in [7, 11) is 0. The van der Waals surface area contributed by atoms with Crippen molar-refractivity contribution in [3.8, 4) is 0 Å². The molecule has 0 bridgehead atoms. The highest BCUT2D eigenvalue weighted by atomic mass is 35.5. The van der Waals surface area contributed by atoms with Crippen LogP contribution in [0.5, 0.6) is 0 Å². The van der Waals surface area contributed by atoms with Crippen LogP contribution < -0.4 is 5.32 Å². The minimum absolute atomic E-state index is 0.0731. The summed E-state index contributed by atoms with van der Waals surface area (Å²) in [5.74, 6) is 0. The summed E-state index contributed by atoms with van der Waals surface area (Å²) < 4.78 is 6.07. The van der Waals surface area contributed by atoms with E-state index in [1.165, 1.54) is 6.42 Å². The minimum Gasteiger partial charge on any atom is -0.373 e. The van der Waals surface area contributed by atoms with Crippen molar-refractivity contribution in [1.29, 1.82) is 0 Å². The Morgan fingerprint density at radius 1 is 1.37 bits per heavy atom. The maximum absolute atomic E-state index is 6.38. The maximum Gasteiger partial charge on any atom is 0.0848 e. The largest absolute Gasteiger partial charge is 0.373 e. The van der Waals surface area contributed by atoms with Gasteiger partial charge in [-0.2, -0.15) is 0 Å². The number of ether oxygens (including phenoxy) is 1. The molecule has 1 heterocycles. The highest BCUT2D eigenvalue weighted by Crippen LogP contribution is 2.40. The highest BCUT2D eigenvalue weighted by molar-refractivity contribution is 6.42. The predicted molar refractivity (Wildman–Crippen MR) is 81.1 cm³/mol. The number of halogens is 2. The lowest BCUT2D eigenvalue weighted by atomic mass is 9.84. The van der Waals surface area contributed by atoms with E-state index in [0.29, 0.717) is 10.0 Å². The van der Waals surface area contributed by atoms with E-state index in [1.807, 2.05) is 18.2 Å². The molecule has 1 aliphatic heterocycles. The Kier molecular flexibility index (Phi) is 5.13. The molecule has 0 aliphatic carbocycles. The predicted octanol–water partition coefficient (Wildman–Crippen LogP) is 4.60. The second kappa shape index (κ2) is 6.45. The Hall–Kier alpha value is -0.280. The van der Waals surface area contributed by atoms with Gasteiger partial charge in [0.15, 0.2) is 0 Å². The standard InChI is InChI=1S/C15H21Cl2NO/c1-3-18-14(15(2)9-4-5-10-19-15)11-7-6-8-12(16)13(11)17/h6-8,14,18H,3-5,9-10H2,1-2H3. The zero-order valence-electron chi connectivity index (χ0n) is 11.5. The van der Waals surface area contributed by atoms with E-state index in [-0.39, 0.29) is 11.6 Å². The smallest absolute Gasteiger partial charge is 0.0848 e. The van der Waals surface area contributed by atoms with Crippen LogP contribution in [0, 0.1) is 0 Å². The first-order valence-corrected chi connectivity index (χ1v) is 7.65. The third kappa shape index (κ3) is 3.25. The van der Waals surface area contributed by atoms with E-state index >= 15 is 0 Å². The van der Waals surface area contributed by atoms with Crippen LogP contribution in [-0.4, -0.2) is 18.8 Å². The van der Waals surface area contributed by atoms with Gasteiger partial charge in [-0.15, -0.1) is 0 Å². The zero-order valence-corrected chi connectivity index (χ0v) is 13.0. The van der Waals surface area contributed by atoms with Gasteiger partial charge >= 0.3 is 0 Å². The summed E-state index contributed by atoms with van der Waals surface area (Å²) in [5, 5.41) is 4.74. The van der Waals surface area contributed by atoms with Crippen LogP contribution in [0.25, 0.3) is 0 Å². The van der Waals surface area contributed by atoms with E-state index in [0.717, 1.165) is 31.6 Å². The van der Waals surface area contributed by atoms with Crippen LogP contribution in [0.15, 0.2) is 18.2 Å². The Bertz CT molecular complexity index is 430. The second-order valence-corrected chi connectivity index (χ2v) is 6.04. The van der Waals surface area contributed by atoms with Gasteiger partial charge in [-0.1, -0.05) is 42.3 Å². The molecule has 2 rings (SSSR count). The summed E-state index contributed by atoms with van der Waals surface area (Å²) in [5.41, 5.74) is 0.809. The Morgan fingerprint density at radius 2 is 2.16 bits per heavy atom. The van der Waals surface area contributed by atoms with Crippen LogP contribution in [0.3, 0.4) is 0 Å². The molecule has 0 aromatic heterocycles. The van der Waals surface area contributed by atoms with Gasteiger partial charge in [0.2, 0.25) is 0 Å². The molecule has 0 saturated carbocycles. The molecule has 0 radical (unpaired) electrons. The van der Waals surface area contributed by atoms with Gasteiger partial charge in [-0.25, -0.2) is 0 Å². The van der Waals surface area contributed by atoms with E-state index in [1.54, 1.807) is 0 Å². The molecule has 2 unspecified atom stereocenters. The molecule has 1 fully saturated rings. The van der Waals surface area contributed by atoms with Crippen molar-refractivity contribution in [2.45, 2.75) is 44.8 Å². The van der Waals surface area contributed by atoms with E-state index in [2.05, 4.69) is 19.2 Å². The van der Waals surface area contributed by atoms with E-state index < -0.39 is 0 Å². The molecule has 0 amide bonds. The first kappa shape index (κ1) is 15.1. The molecule has 0 spiro atoms. The van der Waals surface area contributed by atoms with Crippen LogP contribution in [0.2, 0.25) is 10.0 Å². The van der Waals surface area contributed by atoms with Crippen LogP contribution >= 0.6 is 23.2 Å². The average molecular weight is 302 g/mol. The van der Waals surface area contributed by atoms with Gasteiger partial charge in [0.25, 0.3) is 0 Å². The van der Waals surface area contributed by atoms with Crippen molar-refractivity contribution in [2.24, 2.45) is 0 Å². The molecule has 1 aromatic carbocycles. The third-order valence-electron chi connectivity index (χ3n) is 3.81. The number of benzene rings is 1. The topological polar surface area (TPSA) is 21.3 Å². The lowest BCUT2D eigenvalue weighted by molar-refractivity contribution is -0.0895. The molecule has 2 nitrogen and oxygen atoms in total. The fourth-order valence-electron chi connectivity index (χ4n) is 2.79. The molecule has 1 aliphatic rings. The van der Waals surface area contributed by atoms with E-state index in [9.17, 15) is 0 Å². The van der Waals surface area contributed by atoms with Crippen LogP contribution in [0.4, 0.5) is 0 Å². The second-order valence-electron chi connectivity index (χ2n) is 5.25. The minimum atomic E-state index is -0.220. The van der Waals surface area contributed by atoms with Crippen molar-refractivity contribution in [2.75, 3.05) is 13.2 Å². The third-order valence-corrected chi connectivity index (χ3v) is 4.64. The van der Waals surface area contributed by atoms with Crippen molar-refractivity contribution in [3.63, 3.8) is 0 Å². The summed E-state index contributed by atoms with van der Waals surface area (Å²) >= 11 is 12.5. The lowest BCUT2D eigenvalue weighted by Crippen LogP contribution is -2.46. The molecule has 2 atom stereocenters. The van der Waals surface area contributed by atoms with Crippen LogP contribution in [-0.2, 0) is 4.74 Å². The number of nitrogens with one attached hydrogen (secondary N) is 1. The molecule has 4 heteroatoms. The number of hydrogen-bond acceptors (Lipinski definition) is 2. The quantitative estimate of drug-likeness (QED) is 0.877. The van der Waals surface area contributed by atoms with Gasteiger partial charge in [-0.05, 0) is 44.4 Å². The lowest BCUT2D eigenvalue weighted by Gasteiger charge is -2.41. The summed E-state index contributed by atoms with van der Waals surface area (Å²) in [6.45, 7) is 5.94. The first-order chi connectivity index (χ1) is 9.08. The van der Waals surface area contributed by atoms with Crippen molar-refractivity contribution < 1.29 is 4.74 Å². The van der Waals surface area contributed by atoms with Gasteiger partial charge in [0, 0.05) is 6.61 Å². The zero-order chi connectivity index (χ0) is 13.9.